The first-order chi connectivity index (χ1) is 21.6. The van der Waals surface area contributed by atoms with Gasteiger partial charge in [-0.1, -0.05) is 36.4 Å². The van der Waals surface area contributed by atoms with Crippen LogP contribution in [0, 0.1) is 16.7 Å². The first-order valence-corrected chi connectivity index (χ1v) is 14.1. The number of nitriles is 1. The highest BCUT2D eigenvalue weighted by Crippen LogP contribution is 2.59. The predicted octanol–water partition coefficient (Wildman–Crippen LogP) is 1.42. The quantitative estimate of drug-likeness (QED) is 0.204. The van der Waals surface area contributed by atoms with Gasteiger partial charge in [0.05, 0.1) is 39.9 Å². The molecule has 10 N–H and O–H groups in total. The number of fused-ring (bicyclic) bond motifs is 4. The number of phenolic OH excluding ortho intramolecular Hbond substituents is 1. The number of ketones is 2. The Morgan fingerprint density at radius 1 is 0.978 bits per heavy atom. The summed E-state index contributed by atoms with van der Waals surface area (Å²) in [4.78, 5) is 53.8. The molecule has 0 heterocycles. The van der Waals surface area contributed by atoms with Crippen LogP contribution in [0.15, 0.2) is 65.4 Å². The third-order valence-electron chi connectivity index (χ3n) is 9.58. The first-order valence-electron chi connectivity index (χ1n) is 14.1. The van der Waals surface area contributed by atoms with Crippen molar-refractivity contribution in [3.63, 3.8) is 0 Å². The number of rotatable bonds is 4. The highest BCUT2D eigenvalue weighted by Gasteiger charge is 2.74. The number of aliphatic hydroxyl groups excluding tert-OH is 2. The molecule has 4 atom stereocenters. The minimum atomic E-state index is -2.76. The summed E-state index contributed by atoms with van der Waals surface area (Å²) in [7, 11) is 2.88. The summed E-state index contributed by atoms with van der Waals surface area (Å²) < 4.78 is 0. The molecule has 6 rings (SSSR count). The second-order valence-corrected chi connectivity index (χ2v) is 12.3. The van der Waals surface area contributed by atoms with Gasteiger partial charge in [0.1, 0.15) is 22.8 Å². The highest BCUT2D eigenvalue weighted by atomic mass is 16.4. The summed E-state index contributed by atoms with van der Waals surface area (Å²) in [6.07, 6.45) is -0.759. The summed E-state index contributed by atoms with van der Waals surface area (Å²) in [6.45, 7) is 0. The molecule has 0 aromatic heterocycles. The van der Waals surface area contributed by atoms with Gasteiger partial charge in [-0.25, -0.2) is 4.79 Å². The summed E-state index contributed by atoms with van der Waals surface area (Å²) in [5.74, 6) is -7.19. The number of carboxylic acid groups (broad SMARTS) is 1. The van der Waals surface area contributed by atoms with Gasteiger partial charge in [-0.15, -0.1) is 0 Å². The van der Waals surface area contributed by atoms with E-state index in [0.717, 1.165) is 0 Å². The number of amides is 1. The van der Waals surface area contributed by atoms with Gasteiger partial charge < -0.3 is 37.6 Å². The zero-order valence-corrected chi connectivity index (χ0v) is 24.7. The predicted molar refractivity (Wildman–Crippen MR) is 164 cm³/mol. The fourth-order valence-corrected chi connectivity index (χ4v) is 7.80. The van der Waals surface area contributed by atoms with Gasteiger partial charge in [0.15, 0.2) is 17.0 Å². The number of carboxylic acids is 1. The summed E-state index contributed by atoms with van der Waals surface area (Å²) in [5.41, 5.74) is 12.2. The van der Waals surface area contributed by atoms with Crippen molar-refractivity contribution in [3.05, 3.63) is 82.1 Å². The van der Waals surface area contributed by atoms with E-state index in [2.05, 4.69) is 0 Å². The molecule has 3 aromatic rings. The van der Waals surface area contributed by atoms with Crippen molar-refractivity contribution in [3.8, 4) is 22.9 Å². The zero-order valence-electron chi connectivity index (χ0n) is 24.7. The normalized spacial score (nSPS) is 27.3. The lowest BCUT2D eigenvalue weighted by molar-refractivity contribution is -0.139. The number of carbonyl (C=O) groups is 4. The number of aromatic hydroxyl groups is 1. The number of aliphatic hydroxyl groups is 2. The molecule has 0 saturated heterocycles. The molecule has 3 aliphatic rings. The maximum atomic E-state index is 14.6. The van der Waals surface area contributed by atoms with Crippen molar-refractivity contribution >= 4 is 40.0 Å². The van der Waals surface area contributed by atoms with Gasteiger partial charge in [0.25, 0.3) is 5.91 Å². The van der Waals surface area contributed by atoms with E-state index < -0.39 is 80.8 Å². The lowest BCUT2D eigenvalue weighted by Crippen LogP contribution is -2.80. The molecule has 3 aromatic carbocycles. The largest absolute Gasteiger partial charge is 0.509 e. The van der Waals surface area contributed by atoms with E-state index in [-0.39, 0.29) is 17.5 Å². The second-order valence-electron chi connectivity index (χ2n) is 12.3. The molecular formula is C33H29N5O8. The number of Topliss-reactive ketones (excluding diaryl/α,β-unsaturated/α-hetero) is 2. The Balaban J connectivity index is 1.68. The number of carbonyl (C=O) groups excluding carboxylic acids is 3. The molecule has 234 valence electrons. The van der Waals surface area contributed by atoms with Crippen molar-refractivity contribution in [1.82, 2.24) is 4.90 Å². The van der Waals surface area contributed by atoms with Gasteiger partial charge >= 0.3 is 5.97 Å². The zero-order chi connectivity index (χ0) is 33.7. The van der Waals surface area contributed by atoms with Gasteiger partial charge in [-0.2, -0.15) is 5.26 Å². The van der Waals surface area contributed by atoms with E-state index >= 15 is 0 Å². The van der Waals surface area contributed by atoms with Crippen molar-refractivity contribution in [2.24, 2.45) is 22.6 Å². The van der Waals surface area contributed by atoms with E-state index in [1.54, 1.807) is 42.5 Å². The van der Waals surface area contributed by atoms with Crippen LogP contribution in [0.4, 0.5) is 0 Å². The van der Waals surface area contributed by atoms with Gasteiger partial charge in [-0.3, -0.25) is 19.3 Å². The Bertz CT molecular complexity index is 2080. The number of hydrogen-bond acceptors (Lipinski definition) is 11. The van der Waals surface area contributed by atoms with Gasteiger partial charge in [0.2, 0.25) is 0 Å². The maximum absolute atomic E-state index is 14.6. The average molecular weight is 624 g/mol. The molecule has 0 radical (unpaired) electrons. The van der Waals surface area contributed by atoms with E-state index in [4.69, 9.17) is 17.2 Å². The van der Waals surface area contributed by atoms with Crippen LogP contribution in [0.1, 0.15) is 27.9 Å². The topological polar surface area (TPSA) is 254 Å². The molecule has 0 unspecified atom stereocenters. The number of hydrogen-bond donors (Lipinski definition) is 7. The molecule has 1 amide bonds. The summed E-state index contributed by atoms with van der Waals surface area (Å²) in [6, 6.07) is 12.9. The molecule has 0 bridgehead atoms. The SMILES string of the molecule is CN(C)[C@@H]1C(=O)C(C(N)=O)=C(O)[C@@]2(C#N)C(=O)C3=C(O)c4c(O)ccc(-c5ccc(C(=O)O)c6ccccc56)c4C[C@@]3(N)C[C@@]12N. The Morgan fingerprint density at radius 3 is 2.20 bits per heavy atom. The summed E-state index contributed by atoms with van der Waals surface area (Å²) >= 11 is 0. The summed E-state index contributed by atoms with van der Waals surface area (Å²) in [5, 5.41) is 55.5. The van der Waals surface area contributed by atoms with Crippen LogP contribution in [-0.2, 0) is 20.8 Å². The Labute approximate surface area is 261 Å². The fourth-order valence-electron chi connectivity index (χ4n) is 7.80. The third kappa shape index (κ3) is 3.60. The Morgan fingerprint density at radius 2 is 1.61 bits per heavy atom. The van der Waals surface area contributed by atoms with Crippen LogP contribution < -0.4 is 17.2 Å². The molecule has 46 heavy (non-hydrogen) atoms. The van der Waals surface area contributed by atoms with E-state index in [0.29, 0.717) is 27.5 Å². The van der Waals surface area contributed by atoms with Crippen LogP contribution in [0.25, 0.3) is 27.7 Å². The fraction of sp³-hybridized carbons (Fsp3) is 0.242. The molecule has 1 saturated carbocycles. The van der Waals surface area contributed by atoms with Crippen molar-refractivity contribution in [2.45, 2.75) is 30.0 Å². The number of benzene rings is 3. The molecule has 13 nitrogen and oxygen atoms in total. The monoisotopic (exact) mass is 623 g/mol. The number of primary amides is 1. The van der Waals surface area contributed by atoms with E-state index in [1.807, 2.05) is 0 Å². The van der Waals surface area contributed by atoms with Gasteiger partial charge in [0, 0.05) is 0 Å². The Hall–Kier alpha value is -5.55. The molecule has 13 heteroatoms. The molecule has 0 spiro atoms. The first kappa shape index (κ1) is 30.5. The van der Waals surface area contributed by atoms with Crippen LogP contribution in [0.2, 0.25) is 0 Å². The van der Waals surface area contributed by atoms with Crippen LogP contribution in [0.3, 0.4) is 0 Å². The number of aromatic carboxylic acids is 1. The lowest BCUT2D eigenvalue weighted by Gasteiger charge is -2.58. The molecule has 1 fully saturated rings. The number of nitrogens with two attached hydrogens (primary N) is 3. The van der Waals surface area contributed by atoms with E-state index in [9.17, 15) is 44.9 Å². The highest BCUT2D eigenvalue weighted by molar-refractivity contribution is 6.25. The molecule has 3 aliphatic carbocycles. The minimum absolute atomic E-state index is 0.0583. The van der Waals surface area contributed by atoms with E-state index in [1.165, 1.54) is 31.1 Å². The second kappa shape index (κ2) is 9.72. The number of likely N-dealkylation sites (N-methyl/N-ethyl adjacent to an activating group) is 1. The smallest absolute Gasteiger partial charge is 0.336 e. The Kier molecular flexibility index (Phi) is 6.44. The van der Waals surface area contributed by atoms with Crippen LogP contribution in [0.5, 0.6) is 5.75 Å². The lowest BCUT2D eigenvalue weighted by atomic mass is 9.47. The van der Waals surface area contributed by atoms with Crippen molar-refractivity contribution in [1.29, 1.82) is 5.26 Å². The minimum Gasteiger partial charge on any atom is -0.509 e. The molecular weight excluding hydrogens is 594 g/mol. The number of phenols is 1. The van der Waals surface area contributed by atoms with Crippen LogP contribution in [-0.4, -0.2) is 80.0 Å². The third-order valence-corrected chi connectivity index (χ3v) is 9.58. The van der Waals surface area contributed by atoms with Gasteiger partial charge in [-0.05, 0) is 66.5 Å². The van der Waals surface area contributed by atoms with Crippen LogP contribution >= 0.6 is 0 Å². The standard InChI is InChI=1S/C33H29N5O8/c1-38(2)26-25(41)22(29(35)44)27(42)32(13-34)28(43)23-24(40)21-19(11-31(23,36)12-33(26,32)37)17(9-10-20(21)39)16-7-8-18(30(45)46)15-6-4-3-5-14(15)16/h3-10,26,39-40,42H,11-12,36-37H2,1-2H3,(H2,35,44)(H,45,46)/t26-,31-,32+,33-/m1/s1. The number of nitrogens with zero attached hydrogens (tertiary/aromatic N) is 2. The van der Waals surface area contributed by atoms with Crippen molar-refractivity contribution < 1.29 is 39.6 Å². The molecule has 0 aliphatic heterocycles. The maximum Gasteiger partial charge on any atom is 0.336 e. The average Bonchev–Trinajstić information content (AvgIpc) is 2.95. The van der Waals surface area contributed by atoms with Crippen molar-refractivity contribution in [2.75, 3.05) is 14.1 Å².